The van der Waals surface area contributed by atoms with Gasteiger partial charge in [0.2, 0.25) is 11.3 Å². The lowest BCUT2D eigenvalue weighted by Crippen LogP contribution is -2.56. The second-order valence-electron chi connectivity index (χ2n) is 5.20. The summed E-state index contributed by atoms with van der Waals surface area (Å²) in [5.74, 6) is -0.192. The van der Waals surface area contributed by atoms with E-state index in [2.05, 4.69) is 5.32 Å². The summed E-state index contributed by atoms with van der Waals surface area (Å²) in [7, 11) is 0. The Morgan fingerprint density at radius 3 is 2.44 bits per heavy atom. The van der Waals surface area contributed by atoms with Crippen molar-refractivity contribution in [3.05, 3.63) is 27.2 Å². The quantitative estimate of drug-likeness (QED) is 0.522. The van der Waals surface area contributed by atoms with Gasteiger partial charge >= 0.3 is 0 Å². The molecule has 0 radical (unpaired) electrons. The molecule has 0 atom stereocenters. The number of hydrogen-bond acceptors (Lipinski definition) is 4. The summed E-state index contributed by atoms with van der Waals surface area (Å²) in [6.07, 6.45) is 6.09. The SMILES string of the molecule is N=c1c(CC(=O)NC2(N)CCCCCC2)cc1=O. The van der Waals surface area contributed by atoms with Crippen LogP contribution >= 0.6 is 0 Å². The zero-order valence-corrected chi connectivity index (χ0v) is 10.4. The van der Waals surface area contributed by atoms with Crippen LogP contribution in [0.25, 0.3) is 0 Å². The van der Waals surface area contributed by atoms with E-state index in [1.807, 2.05) is 0 Å². The van der Waals surface area contributed by atoms with Gasteiger partial charge in [0.25, 0.3) is 0 Å². The number of rotatable bonds is 3. The van der Waals surface area contributed by atoms with E-state index in [1.165, 1.54) is 18.9 Å². The Hall–Kier alpha value is -1.49. The number of nitrogens with two attached hydrogens (primary N) is 1. The minimum atomic E-state index is -0.607. The van der Waals surface area contributed by atoms with Crippen molar-refractivity contribution in [1.29, 1.82) is 5.41 Å². The highest BCUT2D eigenvalue weighted by atomic mass is 16.2. The van der Waals surface area contributed by atoms with Gasteiger partial charge < -0.3 is 11.1 Å². The van der Waals surface area contributed by atoms with Gasteiger partial charge in [0, 0.05) is 0 Å². The molecule has 0 heterocycles. The number of carbonyl (C=O) groups is 1. The van der Waals surface area contributed by atoms with Gasteiger partial charge in [-0.3, -0.25) is 15.0 Å². The maximum atomic E-state index is 11.8. The van der Waals surface area contributed by atoms with Crippen molar-refractivity contribution in [1.82, 2.24) is 5.32 Å². The normalized spacial score (nSPS) is 19.4. The molecule has 1 aliphatic rings. The predicted molar refractivity (Wildman–Crippen MR) is 67.4 cm³/mol. The third-order valence-corrected chi connectivity index (χ3v) is 3.61. The molecule has 18 heavy (non-hydrogen) atoms. The topological polar surface area (TPSA) is 96.0 Å². The second kappa shape index (κ2) is 5.02. The van der Waals surface area contributed by atoms with Crippen molar-refractivity contribution >= 4 is 5.91 Å². The standard InChI is InChI=1S/C13H19N3O2/c14-12-9(7-10(12)17)8-11(18)16-13(15)5-3-1-2-4-6-13/h7,14H,1-6,8,15H2,(H,16,18). The Morgan fingerprint density at radius 2 is 1.94 bits per heavy atom. The summed E-state index contributed by atoms with van der Waals surface area (Å²) in [6, 6.07) is 1.35. The smallest absolute Gasteiger partial charge is 0.225 e. The van der Waals surface area contributed by atoms with E-state index in [4.69, 9.17) is 11.1 Å². The number of hydrogen-bond donors (Lipinski definition) is 3. The molecule has 1 saturated carbocycles. The molecule has 0 unspecified atom stereocenters. The van der Waals surface area contributed by atoms with Gasteiger partial charge in [-0.2, -0.15) is 0 Å². The fourth-order valence-electron chi connectivity index (χ4n) is 2.50. The van der Waals surface area contributed by atoms with Gasteiger partial charge in [0.1, 0.15) is 5.36 Å². The average Bonchev–Trinajstić information content (AvgIpc) is 2.53. The monoisotopic (exact) mass is 249 g/mol. The minimum Gasteiger partial charge on any atom is -0.338 e. The van der Waals surface area contributed by atoms with Crippen LogP contribution in [0.3, 0.4) is 0 Å². The van der Waals surface area contributed by atoms with Crippen LogP contribution in [0, 0.1) is 5.41 Å². The molecule has 0 bridgehead atoms. The largest absolute Gasteiger partial charge is 0.338 e. The Labute approximate surface area is 106 Å². The molecule has 2 rings (SSSR count). The maximum absolute atomic E-state index is 11.8. The molecule has 0 spiro atoms. The van der Waals surface area contributed by atoms with Crippen molar-refractivity contribution < 1.29 is 4.79 Å². The summed E-state index contributed by atoms with van der Waals surface area (Å²) in [6.45, 7) is 0. The van der Waals surface area contributed by atoms with Crippen LogP contribution in [0.2, 0.25) is 0 Å². The predicted octanol–water partition coefficient (Wildman–Crippen LogP) is 0.0698. The first kappa shape index (κ1) is 13.0. The highest BCUT2D eigenvalue weighted by Crippen LogP contribution is 2.22. The molecule has 1 aliphatic carbocycles. The molecular formula is C13H19N3O2. The molecular weight excluding hydrogens is 230 g/mol. The van der Waals surface area contributed by atoms with E-state index < -0.39 is 5.66 Å². The molecule has 1 amide bonds. The first-order valence-electron chi connectivity index (χ1n) is 6.44. The molecule has 1 aromatic rings. The molecule has 0 aromatic heterocycles. The molecule has 5 nitrogen and oxygen atoms in total. The van der Waals surface area contributed by atoms with E-state index in [0.29, 0.717) is 5.56 Å². The average molecular weight is 249 g/mol. The van der Waals surface area contributed by atoms with Crippen LogP contribution in [-0.4, -0.2) is 11.6 Å². The summed E-state index contributed by atoms with van der Waals surface area (Å²) < 4.78 is 0. The Kier molecular flexibility index (Phi) is 3.61. The molecule has 5 heteroatoms. The molecule has 1 fully saturated rings. The zero-order chi connectivity index (χ0) is 13.2. The van der Waals surface area contributed by atoms with E-state index >= 15 is 0 Å². The molecule has 4 N–H and O–H groups in total. The number of carbonyl (C=O) groups excluding carboxylic acids is 1. The lowest BCUT2D eigenvalue weighted by molar-refractivity contribution is -0.122. The minimum absolute atomic E-state index is 0.0444. The lowest BCUT2D eigenvalue weighted by atomic mass is 10.0. The Balaban J connectivity index is 1.92. The molecule has 1 aromatic carbocycles. The Morgan fingerprint density at radius 1 is 1.33 bits per heavy atom. The van der Waals surface area contributed by atoms with Gasteiger partial charge in [-0.1, -0.05) is 12.8 Å². The Bertz CT molecular complexity index is 506. The second-order valence-corrected chi connectivity index (χ2v) is 5.20. The van der Waals surface area contributed by atoms with Crippen molar-refractivity contribution in [3.8, 4) is 0 Å². The lowest BCUT2D eigenvalue weighted by Gasteiger charge is -2.29. The van der Waals surface area contributed by atoms with Crippen molar-refractivity contribution in [2.45, 2.75) is 50.6 Å². The summed E-state index contributed by atoms with van der Waals surface area (Å²) in [5, 5.41) is 10.2. The van der Waals surface area contributed by atoms with Crippen molar-refractivity contribution in [2.24, 2.45) is 5.73 Å². The number of nitrogens with one attached hydrogen (secondary N) is 2. The van der Waals surface area contributed by atoms with Gasteiger partial charge in [-0.15, -0.1) is 0 Å². The fourth-order valence-corrected chi connectivity index (χ4v) is 2.50. The third-order valence-electron chi connectivity index (χ3n) is 3.61. The number of amides is 1. The van der Waals surface area contributed by atoms with E-state index in [9.17, 15) is 9.59 Å². The van der Waals surface area contributed by atoms with Crippen LogP contribution in [-0.2, 0) is 11.2 Å². The van der Waals surface area contributed by atoms with E-state index in [0.717, 1.165) is 25.7 Å². The summed E-state index contributed by atoms with van der Waals surface area (Å²) in [4.78, 5) is 22.7. The summed E-state index contributed by atoms with van der Waals surface area (Å²) in [5.41, 5.74) is 5.79. The van der Waals surface area contributed by atoms with Crippen LogP contribution in [0.15, 0.2) is 10.9 Å². The first-order valence-corrected chi connectivity index (χ1v) is 6.44. The fraction of sp³-hybridized carbons (Fsp3) is 0.615. The van der Waals surface area contributed by atoms with Gasteiger partial charge in [-0.25, -0.2) is 0 Å². The van der Waals surface area contributed by atoms with Crippen LogP contribution in [0.5, 0.6) is 0 Å². The molecule has 98 valence electrons. The molecule has 0 aliphatic heterocycles. The van der Waals surface area contributed by atoms with Gasteiger partial charge in [0.05, 0.1) is 12.1 Å². The first-order chi connectivity index (χ1) is 8.50. The highest BCUT2D eigenvalue weighted by molar-refractivity contribution is 5.79. The van der Waals surface area contributed by atoms with E-state index in [-0.39, 0.29) is 23.1 Å². The van der Waals surface area contributed by atoms with Crippen LogP contribution in [0.1, 0.15) is 44.1 Å². The van der Waals surface area contributed by atoms with E-state index in [1.54, 1.807) is 0 Å². The maximum Gasteiger partial charge on any atom is 0.225 e. The van der Waals surface area contributed by atoms with Crippen molar-refractivity contribution in [2.75, 3.05) is 0 Å². The highest BCUT2D eigenvalue weighted by Gasteiger charge is 2.28. The van der Waals surface area contributed by atoms with Crippen LogP contribution < -0.4 is 21.8 Å². The van der Waals surface area contributed by atoms with Crippen molar-refractivity contribution in [3.63, 3.8) is 0 Å². The summed E-state index contributed by atoms with van der Waals surface area (Å²) >= 11 is 0. The zero-order valence-electron chi connectivity index (χ0n) is 10.4. The van der Waals surface area contributed by atoms with Gasteiger partial charge in [0.15, 0.2) is 0 Å². The van der Waals surface area contributed by atoms with Crippen LogP contribution in [0.4, 0.5) is 0 Å². The molecule has 0 saturated heterocycles. The van der Waals surface area contributed by atoms with Gasteiger partial charge in [-0.05, 0) is 37.3 Å². The third kappa shape index (κ3) is 2.85.